The lowest BCUT2D eigenvalue weighted by molar-refractivity contribution is -0.135. The Morgan fingerprint density at radius 3 is 2.47 bits per heavy atom. The SMILES string of the molecule is C=CCN(CC=C)CC(=O)N1CCCC(C(N)=O)C1. The van der Waals surface area contributed by atoms with Gasteiger partial charge in [0, 0.05) is 26.2 Å². The van der Waals surface area contributed by atoms with Crippen LogP contribution in [0.2, 0.25) is 0 Å². The molecule has 1 aliphatic rings. The van der Waals surface area contributed by atoms with E-state index in [9.17, 15) is 9.59 Å². The lowest BCUT2D eigenvalue weighted by Gasteiger charge is -2.32. The van der Waals surface area contributed by atoms with Crippen molar-refractivity contribution in [3.63, 3.8) is 0 Å². The molecule has 0 aromatic carbocycles. The Hall–Kier alpha value is -1.62. The predicted molar refractivity (Wildman–Crippen MR) is 75.3 cm³/mol. The molecule has 5 nitrogen and oxygen atoms in total. The molecule has 1 rings (SSSR count). The first-order valence-corrected chi connectivity index (χ1v) is 6.59. The summed E-state index contributed by atoms with van der Waals surface area (Å²) in [5, 5.41) is 0. The minimum Gasteiger partial charge on any atom is -0.369 e. The van der Waals surface area contributed by atoms with Crippen LogP contribution in [-0.4, -0.2) is 54.3 Å². The molecule has 0 saturated carbocycles. The summed E-state index contributed by atoms with van der Waals surface area (Å²) < 4.78 is 0. The second kappa shape index (κ2) is 7.74. The molecule has 5 heteroatoms. The third-order valence-corrected chi connectivity index (χ3v) is 3.31. The number of piperidine rings is 1. The first-order valence-electron chi connectivity index (χ1n) is 6.59. The van der Waals surface area contributed by atoms with Gasteiger partial charge in [0.15, 0.2) is 0 Å². The van der Waals surface area contributed by atoms with E-state index in [0.29, 0.717) is 32.7 Å². The maximum Gasteiger partial charge on any atom is 0.236 e. The standard InChI is InChI=1S/C14H23N3O2/c1-3-7-16(8-4-2)11-13(18)17-9-5-6-12(10-17)14(15)19/h3-4,12H,1-2,5-11H2,(H2,15,19). The molecule has 106 valence electrons. The summed E-state index contributed by atoms with van der Waals surface area (Å²) in [6.07, 6.45) is 5.14. The van der Waals surface area contributed by atoms with Crippen LogP contribution in [0.15, 0.2) is 25.3 Å². The van der Waals surface area contributed by atoms with Gasteiger partial charge in [-0.1, -0.05) is 12.2 Å². The van der Waals surface area contributed by atoms with Crippen LogP contribution in [0.4, 0.5) is 0 Å². The molecule has 1 fully saturated rings. The van der Waals surface area contributed by atoms with Gasteiger partial charge in [0.05, 0.1) is 12.5 Å². The Morgan fingerprint density at radius 1 is 1.32 bits per heavy atom. The van der Waals surface area contributed by atoms with Crippen molar-refractivity contribution in [3.8, 4) is 0 Å². The summed E-state index contributed by atoms with van der Waals surface area (Å²) in [5.74, 6) is -0.480. The number of hydrogen-bond donors (Lipinski definition) is 1. The molecule has 0 radical (unpaired) electrons. The summed E-state index contributed by atoms with van der Waals surface area (Å²) in [6.45, 7) is 10.1. The van der Waals surface area contributed by atoms with Gasteiger partial charge in [-0.25, -0.2) is 0 Å². The van der Waals surface area contributed by atoms with Crippen LogP contribution < -0.4 is 5.73 Å². The van der Waals surface area contributed by atoms with Crippen molar-refractivity contribution in [2.45, 2.75) is 12.8 Å². The van der Waals surface area contributed by atoms with Crippen molar-refractivity contribution in [3.05, 3.63) is 25.3 Å². The van der Waals surface area contributed by atoms with E-state index in [1.165, 1.54) is 0 Å². The van der Waals surface area contributed by atoms with Crippen molar-refractivity contribution in [2.75, 3.05) is 32.7 Å². The molecule has 1 saturated heterocycles. The molecule has 1 heterocycles. The zero-order valence-electron chi connectivity index (χ0n) is 11.4. The van der Waals surface area contributed by atoms with E-state index in [1.54, 1.807) is 17.1 Å². The zero-order chi connectivity index (χ0) is 14.3. The third-order valence-electron chi connectivity index (χ3n) is 3.31. The van der Waals surface area contributed by atoms with E-state index in [1.807, 2.05) is 4.90 Å². The number of hydrogen-bond acceptors (Lipinski definition) is 3. The maximum absolute atomic E-state index is 12.2. The molecule has 2 N–H and O–H groups in total. The number of amides is 2. The topological polar surface area (TPSA) is 66.6 Å². The Bertz CT molecular complexity index is 345. The fourth-order valence-corrected chi connectivity index (χ4v) is 2.30. The highest BCUT2D eigenvalue weighted by Crippen LogP contribution is 2.16. The molecule has 1 atom stereocenters. The Balaban J connectivity index is 2.53. The summed E-state index contributed by atoms with van der Waals surface area (Å²) in [5.41, 5.74) is 5.31. The minimum atomic E-state index is -0.313. The van der Waals surface area contributed by atoms with Gasteiger partial charge in [0.1, 0.15) is 0 Å². The molecule has 0 aliphatic carbocycles. The molecule has 2 amide bonds. The van der Waals surface area contributed by atoms with Crippen molar-refractivity contribution < 1.29 is 9.59 Å². The van der Waals surface area contributed by atoms with Gasteiger partial charge < -0.3 is 10.6 Å². The van der Waals surface area contributed by atoms with Crippen molar-refractivity contribution in [2.24, 2.45) is 11.7 Å². The van der Waals surface area contributed by atoms with E-state index >= 15 is 0 Å². The Labute approximate surface area is 114 Å². The van der Waals surface area contributed by atoms with E-state index in [-0.39, 0.29) is 17.7 Å². The van der Waals surface area contributed by atoms with Crippen molar-refractivity contribution >= 4 is 11.8 Å². The molecule has 0 aromatic heterocycles. The number of nitrogens with two attached hydrogens (primary N) is 1. The molecule has 0 aromatic rings. The fraction of sp³-hybridized carbons (Fsp3) is 0.571. The molecule has 1 aliphatic heterocycles. The van der Waals surface area contributed by atoms with Gasteiger partial charge in [-0.3, -0.25) is 14.5 Å². The third kappa shape index (κ3) is 4.87. The number of carbonyl (C=O) groups excluding carboxylic acids is 2. The molecule has 0 bridgehead atoms. The number of carbonyl (C=O) groups is 2. The van der Waals surface area contributed by atoms with E-state index in [2.05, 4.69) is 13.2 Å². The minimum absolute atomic E-state index is 0.0367. The average molecular weight is 265 g/mol. The first-order chi connectivity index (χ1) is 9.08. The monoisotopic (exact) mass is 265 g/mol. The lowest BCUT2D eigenvalue weighted by atomic mass is 9.97. The summed E-state index contributed by atoms with van der Waals surface area (Å²) >= 11 is 0. The van der Waals surface area contributed by atoms with Crippen LogP contribution in [-0.2, 0) is 9.59 Å². The highest BCUT2D eigenvalue weighted by molar-refractivity contribution is 5.81. The van der Waals surface area contributed by atoms with Crippen LogP contribution in [0.25, 0.3) is 0 Å². The summed E-state index contributed by atoms with van der Waals surface area (Å²) in [6, 6.07) is 0. The quantitative estimate of drug-likeness (QED) is 0.677. The van der Waals surface area contributed by atoms with Gasteiger partial charge in [0.25, 0.3) is 0 Å². The molecular weight excluding hydrogens is 242 g/mol. The van der Waals surface area contributed by atoms with Crippen LogP contribution in [0.5, 0.6) is 0 Å². The number of primary amides is 1. The fourth-order valence-electron chi connectivity index (χ4n) is 2.30. The number of rotatable bonds is 7. The van der Waals surface area contributed by atoms with Gasteiger partial charge in [-0.05, 0) is 12.8 Å². The highest BCUT2D eigenvalue weighted by Gasteiger charge is 2.27. The van der Waals surface area contributed by atoms with E-state index in [0.717, 1.165) is 12.8 Å². The largest absolute Gasteiger partial charge is 0.369 e. The van der Waals surface area contributed by atoms with E-state index < -0.39 is 0 Å². The molecular formula is C14H23N3O2. The van der Waals surface area contributed by atoms with Gasteiger partial charge in [-0.15, -0.1) is 13.2 Å². The smallest absolute Gasteiger partial charge is 0.236 e. The number of nitrogens with zero attached hydrogens (tertiary/aromatic N) is 2. The van der Waals surface area contributed by atoms with E-state index in [4.69, 9.17) is 5.73 Å². The second-order valence-electron chi connectivity index (χ2n) is 4.85. The maximum atomic E-state index is 12.2. The molecule has 0 spiro atoms. The first kappa shape index (κ1) is 15.4. The van der Waals surface area contributed by atoms with Crippen LogP contribution in [0, 0.1) is 5.92 Å². The van der Waals surface area contributed by atoms with Gasteiger partial charge in [0.2, 0.25) is 11.8 Å². The summed E-state index contributed by atoms with van der Waals surface area (Å²) in [4.78, 5) is 27.1. The highest BCUT2D eigenvalue weighted by atomic mass is 16.2. The normalized spacial score (nSPS) is 19.2. The average Bonchev–Trinajstić information content (AvgIpc) is 2.39. The zero-order valence-corrected chi connectivity index (χ0v) is 11.4. The lowest BCUT2D eigenvalue weighted by Crippen LogP contribution is -2.47. The Kier molecular flexibility index (Phi) is 6.29. The summed E-state index contributed by atoms with van der Waals surface area (Å²) in [7, 11) is 0. The van der Waals surface area contributed by atoms with Gasteiger partial charge >= 0.3 is 0 Å². The second-order valence-corrected chi connectivity index (χ2v) is 4.85. The van der Waals surface area contributed by atoms with Crippen LogP contribution >= 0.6 is 0 Å². The van der Waals surface area contributed by atoms with Crippen LogP contribution in [0.3, 0.4) is 0 Å². The van der Waals surface area contributed by atoms with Crippen molar-refractivity contribution in [1.82, 2.24) is 9.80 Å². The number of likely N-dealkylation sites (tertiary alicyclic amines) is 1. The molecule has 19 heavy (non-hydrogen) atoms. The van der Waals surface area contributed by atoms with Crippen molar-refractivity contribution in [1.29, 1.82) is 0 Å². The molecule has 1 unspecified atom stereocenters. The predicted octanol–water partition coefficient (Wildman–Crippen LogP) is 0.384. The van der Waals surface area contributed by atoms with Crippen LogP contribution in [0.1, 0.15) is 12.8 Å². The Morgan fingerprint density at radius 2 is 1.95 bits per heavy atom. The van der Waals surface area contributed by atoms with Gasteiger partial charge in [-0.2, -0.15) is 0 Å².